The zero-order valence-corrected chi connectivity index (χ0v) is 15.1. The number of rotatable bonds is 7. The molecule has 0 spiro atoms. The number of ether oxygens (including phenoxy) is 4. The molecule has 0 amide bonds. The number of hydrogen-bond donors (Lipinski definition) is 6. The Morgan fingerprint density at radius 3 is 2.11 bits per heavy atom. The molecule has 158 valence electrons. The number of aliphatic carboxylic acids is 1. The van der Waals surface area contributed by atoms with Crippen LogP contribution in [0.25, 0.3) is 0 Å². The fourth-order valence-corrected chi connectivity index (χ4v) is 3.51. The van der Waals surface area contributed by atoms with Gasteiger partial charge in [-0.25, -0.2) is 4.79 Å². The molecule has 0 aromatic rings. The van der Waals surface area contributed by atoms with Gasteiger partial charge in [-0.15, -0.1) is 0 Å². The molecule has 2 rings (SSSR count). The summed E-state index contributed by atoms with van der Waals surface area (Å²) in [6, 6.07) is 0. The van der Waals surface area contributed by atoms with Gasteiger partial charge in [0.15, 0.2) is 18.7 Å². The molecule has 0 radical (unpaired) electrons. The van der Waals surface area contributed by atoms with Gasteiger partial charge in [0, 0.05) is 13.0 Å². The highest BCUT2D eigenvalue weighted by molar-refractivity contribution is 5.73. The average Bonchev–Trinajstić information content (AvgIpc) is 2.65. The molecular weight excluding hydrogens is 368 g/mol. The third-order valence-corrected chi connectivity index (χ3v) is 5.15. The minimum atomic E-state index is -1.50. The van der Waals surface area contributed by atoms with Gasteiger partial charge in [0.2, 0.25) is 0 Å². The van der Waals surface area contributed by atoms with Crippen LogP contribution in [0.2, 0.25) is 0 Å². The van der Waals surface area contributed by atoms with Crippen molar-refractivity contribution in [2.75, 3.05) is 20.3 Å². The molecule has 2 aliphatic rings. The quantitative estimate of drug-likeness (QED) is 0.263. The van der Waals surface area contributed by atoms with E-state index in [-0.39, 0.29) is 13.0 Å². The molecule has 2 fully saturated rings. The maximum absolute atomic E-state index is 11.4. The van der Waals surface area contributed by atoms with Crippen molar-refractivity contribution in [3.8, 4) is 0 Å². The molecule has 6 unspecified atom stereocenters. The van der Waals surface area contributed by atoms with Crippen LogP contribution in [-0.2, 0) is 23.7 Å². The lowest BCUT2D eigenvalue weighted by Gasteiger charge is -2.44. The van der Waals surface area contributed by atoms with Gasteiger partial charge >= 0.3 is 5.97 Å². The Hall–Kier alpha value is -0.890. The summed E-state index contributed by atoms with van der Waals surface area (Å²) in [5, 5.41) is 59.1. The molecule has 6 N–H and O–H groups in total. The van der Waals surface area contributed by atoms with E-state index in [0.717, 1.165) is 0 Å². The highest BCUT2D eigenvalue weighted by Gasteiger charge is 2.49. The summed E-state index contributed by atoms with van der Waals surface area (Å²) in [5.74, 6) is -3.01. The zero-order valence-electron chi connectivity index (χ0n) is 15.1. The summed E-state index contributed by atoms with van der Waals surface area (Å²) in [6.45, 7) is 0.812. The highest BCUT2D eigenvalue weighted by atomic mass is 16.7. The van der Waals surface area contributed by atoms with Crippen LogP contribution < -0.4 is 0 Å². The van der Waals surface area contributed by atoms with Crippen LogP contribution in [0.4, 0.5) is 0 Å². The van der Waals surface area contributed by atoms with E-state index in [0.29, 0.717) is 0 Å². The van der Waals surface area contributed by atoms with Crippen LogP contribution in [0.15, 0.2) is 0 Å². The number of methoxy groups -OCH3 is 1. The molecule has 2 aliphatic heterocycles. The SMILES string of the molecule is CC[C@H]1C(C(=O)O)O[C@@H](OCC2C(O)[C@@H](O)C(CO)O[C@H]2OC)C(O)C1O. The Bertz CT molecular complexity index is 487. The van der Waals surface area contributed by atoms with E-state index in [2.05, 4.69) is 0 Å². The summed E-state index contributed by atoms with van der Waals surface area (Å²) < 4.78 is 21.2. The van der Waals surface area contributed by atoms with Crippen LogP contribution in [-0.4, -0.2) is 106 Å². The normalized spacial score (nSPS) is 45.6. The smallest absolute Gasteiger partial charge is 0.333 e. The standard InChI is InChI=1S/C16H28O11/c1-3-6-9(18)12(21)16(27-13(6)14(22)23)25-5-7-10(19)11(20)8(4-17)26-15(7)24-2/h6-13,15-21H,3-5H2,1-2H3,(H,22,23)/t6-,7?,8?,9?,10?,11+,12?,13?,15-,16-/m1/s1. The first-order valence-electron chi connectivity index (χ1n) is 8.78. The Morgan fingerprint density at radius 2 is 1.59 bits per heavy atom. The molecule has 0 saturated carbocycles. The van der Waals surface area contributed by atoms with Crippen LogP contribution >= 0.6 is 0 Å². The van der Waals surface area contributed by atoms with Gasteiger partial charge in [0.25, 0.3) is 0 Å². The van der Waals surface area contributed by atoms with Gasteiger partial charge in [-0.3, -0.25) is 0 Å². The number of carbonyl (C=O) groups is 1. The Labute approximate surface area is 156 Å². The van der Waals surface area contributed by atoms with Crippen molar-refractivity contribution in [2.24, 2.45) is 11.8 Å². The first-order valence-corrected chi connectivity index (χ1v) is 8.78. The van der Waals surface area contributed by atoms with Crippen molar-refractivity contribution in [3.63, 3.8) is 0 Å². The van der Waals surface area contributed by atoms with E-state index >= 15 is 0 Å². The van der Waals surface area contributed by atoms with Crippen molar-refractivity contribution in [1.82, 2.24) is 0 Å². The lowest BCUT2D eigenvalue weighted by Crippen LogP contribution is -2.59. The lowest BCUT2D eigenvalue weighted by molar-refractivity contribution is -0.315. The average molecular weight is 396 g/mol. The van der Waals surface area contributed by atoms with Gasteiger partial charge in [-0.2, -0.15) is 0 Å². The number of hydrogen-bond acceptors (Lipinski definition) is 10. The monoisotopic (exact) mass is 396 g/mol. The molecule has 0 aromatic carbocycles. The van der Waals surface area contributed by atoms with Crippen LogP contribution in [0.3, 0.4) is 0 Å². The Kier molecular flexibility index (Phi) is 7.92. The predicted octanol–water partition coefficient (Wildman–Crippen LogP) is -2.74. The van der Waals surface area contributed by atoms with Gasteiger partial charge < -0.3 is 49.6 Å². The molecule has 2 saturated heterocycles. The molecule has 27 heavy (non-hydrogen) atoms. The number of aliphatic hydroxyl groups is 5. The molecule has 11 heteroatoms. The fourth-order valence-electron chi connectivity index (χ4n) is 3.51. The topological polar surface area (TPSA) is 175 Å². The van der Waals surface area contributed by atoms with E-state index in [1.54, 1.807) is 6.92 Å². The maximum Gasteiger partial charge on any atom is 0.333 e. The second-order valence-electron chi connectivity index (χ2n) is 6.76. The van der Waals surface area contributed by atoms with Gasteiger partial charge in [-0.1, -0.05) is 6.92 Å². The van der Waals surface area contributed by atoms with E-state index < -0.39 is 73.6 Å². The van der Waals surface area contributed by atoms with E-state index in [1.165, 1.54) is 7.11 Å². The summed E-state index contributed by atoms with van der Waals surface area (Å²) in [6.07, 6.45) is -10.2. The number of carboxylic acids is 1. The lowest BCUT2D eigenvalue weighted by atomic mass is 9.87. The molecule has 10 atom stereocenters. The summed E-state index contributed by atoms with van der Waals surface area (Å²) in [4.78, 5) is 11.4. The van der Waals surface area contributed by atoms with E-state index in [4.69, 9.17) is 18.9 Å². The largest absolute Gasteiger partial charge is 0.479 e. The molecule has 2 heterocycles. The van der Waals surface area contributed by atoms with Crippen molar-refractivity contribution < 1.29 is 54.4 Å². The highest BCUT2D eigenvalue weighted by Crippen LogP contribution is 2.32. The third kappa shape index (κ3) is 4.58. The summed E-state index contributed by atoms with van der Waals surface area (Å²) in [7, 11) is 1.30. The number of carboxylic acid groups (broad SMARTS) is 1. The van der Waals surface area contributed by atoms with Gasteiger partial charge in [0.1, 0.15) is 18.3 Å². The van der Waals surface area contributed by atoms with E-state index in [1.807, 2.05) is 0 Å². The van der Waals surface area contributed by atoms with Crippen LogP contribution in [0.5, 0.6) is 0 Å². The number of aliphatic hydroxyl groups excluding tert-OH is 5. The van der Waals surface area contributed by atoms with Crippen LogP contribution in [0, 0.1) is 11.8 Å². The Morgan fingerprint density at radius 1 is 0.963 bits per heavy atom. The van der Waals surface area contributed by atoms with Gasteiger partial charge in [0.05, 0.1) is 31.3 Å². The van der Waals surface area contributed by atoms with E-state index in [9.17, 15) is 35.4 Å². The molecular formula is C16H28O11. The van der Waals surface area contributed by atoms with Crippen molar-refractivity contribution in [1.29, 1.82) is 0 Å². The second kappa shape index (κ2) is 9.54. The molecule has 0 aromatic heterocycles. The Balaban J connectivity index is 2.06. The molecule has 11 nitrogen and oxygen atoms in total. The first kappa shape index (κ1) is 22.4. The fraction of sp³-hybridized carbons (Fsp3) is 0.938. The van der Waals surface area contributed by atoms with Crippen molar-refractivity contribution in [3.05, 3.63) is 0 Å². The molecule has 0 bridgehead atoms. The van der Waals surface area contributed by atoms with Gasteiger partial charge in [-0.05, 0) is 6.42 Å². The third-order valence-electron chi connectivity index (χ3n) is 5.15. The van der Waals surface area contributed by atoms with Crippen molar-refractivity contribution in [2.45, 2.75) is 62.5 Å². The minimum Gasteiger partial charge on any atom is -0.479 e. The molecule has 0 aliphatic carbocycles. The zero-order chi connectivity index (χ0) is 20.3. The summed E-state index contributed by atoms with van der Waals surface area (Å²) in [5.41, 5.74) is 0. The van der Waals surface area contributed by atoms with Crippen LogP contribution in [0.1, 0.15) is 13.3 Å². The first-order chi connectivity index (χ1) is 12.8. The predicted molar refractivity (Wildman–Crippen MR) is 86.3 cm³/mol. The maximum atomic E-state index is 11.4. The summed E-state index contributed by atoms with van der Waals surface area (Å²) >= 11 is 0. The van der Waals surface area contributed by atoms with Crippen molar-refractivity contribution >= 4 is 5.97 Å². The second-order valence-corrected chi connectivity index (χ2v) is 6.76. The minimum absolute atomic E-state index is 0.275.